The number of hydrogen-bond donors (Lipinski definition) is 0. The number of rotatable bonds is 9. The molecule has 0 saturated heterocycles. The van der Waals surface area contributed by atoms with Crippen LogP contribution in [0.5, 0.6) is 0 Å². The molecule has 0 aliphatic heterocycles. The monoisotopic (exact) mass is 390 g/mol. The van der Waals surface area contributed by atoms with E-state index in [1.165, 1.54) is 75.5 Å². The van der Waals surface area contributed by atoms with Gasteiger partial charge in [0, 0.05) is 10.6 Å². The molecule has 2 aliphatic rings. The standard InChI is InChI=1S/C25H39FS/c1-2-3-7-20-10-14-22(15-11-20)23-16-12-21(13-17-23)18-24(26)19-27-25-8-5-4-6-9-25/h4-6,8-9,20-24H,2-3,7,10-19H2,1H3. The molecule has 0 radical (unpaired) electrons. The van der Waals surface area contributed by atoms with Crippen molar-refractivity contribution in [3.63, 3.8) is 0 Å². The maximum Gasteiger partial charge on any atom is 0.110 e. The third kappa shape index (κ3) is 7.11. The lowest BCUT2D eigenvalue weighted by Gasteiger charge is -2.38. The molecule has 0 N–H and O–H groups in total. The zero-order chi connectivity index (χ0) is 18.9. The summed E-state index contributed by atoms with van der Waals surface area (Å²) in [5.41, 5.74) is 0. The second kappa shape index (κ2) is 11.5. The van der Waals surface area contributed by atoms with E-state index in [0.717, 1.165) is 24.2 Å². The molecular weight excluding hydrogens is 351 g/mol. The van der Waals surface area contributed by atoms with Crippen molar-refractivity contribution in [3.8, 4) is 0 Å². The highest BCUT2D eigenvalue weighted by Crippen LogP contribution is 2.43. The lowest BCUT2D eigenvalue weighted by molar-refractivity contribution is 0.132. The van der Waals surface area contributed by atoms with Gasteiger partial charge in [-0.3, -0.25) is 0 Å². The fourth-order valence-corrected chi connectivity index (χ4v) is 6.33. The smallest absolute Gasteiger partial charge is 0.110 e. The predicted molar refractivity (Wildman–Crippen MR) is 117 cm³/mol. The van der Waals surface area contributed by atoms with E-state index in [9.17, 15) is 4.39 Å². The van der Waals surface area contributed by atoms with Crippen LogP contribution in [0.1, 0.15) is 84.0 Å². The fraction of sp³-hybridized carbons (Fsp3) is 0.760. The lowest BCUT2D eigenvalue weighted by Crippen LogP contribution is -2.27. The highest BCUT2D eigenvalue weighted by molar-refractivity contribution is 7.99. The predicted octanol–water partition coefficient (Wildman–Crippen LogP) is 8.31. The minimum Gasteiger partial charge on any atom is -0.247 e. The second-order valence-corrected chi connectivity index (χ2v) is 10.3. The summed E-state index contributed by atoms with van der Waals surface area (Å²) in [6, 6.07) is 10.3. The van der Waals surface area contributed by atoms with Gasteiger partial charge in [0.15, 0.2) is 0 Å². The number of benzene rings is 1. The Kier molecular flexibility index (Phi) is 9.03. The van der Waals surface area contributed by atoms with Crippen LogP contribution in [0.25, 0.3) is 0 Å². The van der Waals surface area contributed by atoms with Gasteiger partial charge in [0.1, 0.15) is 6.17 Å². The van der Waals surface area contributed by atoms with Crippen LogP contribution >= 0.6 is 11.8 Å². The van der Waals surface area contributed by atoms with E-state index in [1.54, 1.807) is 11.8 Å². The molecule has 0 nitrogen and oxygen atoms in total. The van der Waals surface area contributed by atoms with E-state index in [2.05, 4.69) is 19.1 Å². The maximum atomic E-state index is 14.4. The van der Waals surface area contributed by atoms with E-state index < -0.39 is 6.17 Å². The maximum absolute atomic E-state index is 14.4. The molecule has 1 unspecified atom stereocenters. The van der Waals surface area contributed by atoms with Crippen molar-refractivity contribution in [1.82, 2.24) is 0 Å². The Morgan fingerprint density at radius 2 is 1.48 bits per heavy atom. The first kappa shape index (κ1) is 21.2. The molecule has 1 aromatic carbocycles. The largest absolute Gasteiger partial charge is 0.247 e. The molecule has 27 heavy (non-hydrogen) atoms. The van der Waals surface area contributed by atoms with Crippen molar-refractivity contribution in [1.29, 1.82) is 0 Å². The van der Waals surface area contributed by atoms with Crippen LogP contribution in [-0.2, 0) is 0 Å². The molecule has 2 heteroatoms. The van der Waals surface area contributed by atoms with Gasteiger partial charge in [0.05, 0.1) is 0 Å². The summed E-state index contributed by atoms with van der Waals surface area (Å²) in [5.74, 6) is 4.20. The van der Waals surface area contributed by atoms with Gasteiger partial charge in [-0.05, 0) is 67.9 Å². The van der Waals surface area contributed by atoms with Gasteiger partial charge >= 0.3 is 0 Å². The Morgan fingerprint density at radius 1 is 0.889 bits per heavy atom. The molecule has 0 heterocycles. The van der Waals surface area contributed by atoms with Crippen LogP contribution in [0.4, 0.5) is 4.39 Å². The molecule has 1 aromatic rings. The third-order valence-corrected chi connectivity index (χ3v) is 8.31. The fourth-order valence-electron chi connectivity index (χ4n) is 5.47. The number of alkyl halides is 1. The highest BCUT2D eigenvalue weighted by atomic mass is 32.2. The molecule has 1 atom stereocenters. The Balaban J connectivity index is 1.31. The van der Waals surface area contributed by atoms with Crippen molar-refractivity contribution < 1.29 is 4.39 Å². The molecule has 0 bridgehead atoms. The SMILES string of the molecule is CCCCC1CCC(C2CCC(CC(F)CSc3ccccc3)CC2)CC1. The van der Waals surface area contributed by atoms with E-state index in [4.69, 9.17) is 0 Å². The molecule has 152 valence electrons. The molecule has 0 amide bonds. The second-order valence-electron chi connectivity index (χ2n) is 9.16. The number of halogens is 1. The third-order valence-electron chi connectivity index (χ3n) is 7.18. The van der Waals surface area contributed by atoms with Crippen LogP contribution in [0.3, 0.4) is 0 Å². The average Bonchev–Trinajstić information content (AvgIpc) is 2.72. The zero-order valence-corrected chi connectivity index (χ0v) is 18.1. The van der Waals surface area contributed by atoms with Crippen molar-refractivity contribution in [2.75, 3.05) is 5.75 Å². The molecule has 2 saturated carbocycles. The van der Waals surface area contributed by atoms with Gasteiger partial charge in [-0.1, -0.05) is 70.1 Å². The van der Waals surface area contributed by atoms with Crippen LogP contribution in [0.15, 0.2) is 35.2 Å². The molecule has 0 spiro atoms. The summed E-state index contributed by atoms with van der Waals surface area (Å²) < 4.78 is 14.4. The van der Waals surface area contributed by atoms with Gasteiger partial charge in [-0.25, -0.2) is 4.39 Å². The van der Waals surface area contributed by atoms with Crippen molar-refractivity contribution in [2.45, 2.75) is 95.0 Å². The van der Waals surface area contributed by atoms with Crippen molar-refractivity contribution in [3.05, 3.63) is 30.3 Å². The normalized spacial score (nSPS) is 30.1. The average molecular weight is 391 g/mol. The summed E-state index contributed by atoms with van der Waals surface area (Å²) in [6.45, 7) is 2.31. The Labute approximate surface area is 171 Å². The van der Waals surface area contributed by atoms with Crippen LogP contribution < -0.4 is 0 Å². The Bertz CT molecular complexity index is 500. The van der Waals surface area contributed by atoms with Crippen molar-refractivity contribution >= 4 is 11.8 Å². The summed E-state index contributed by atoms with van der Waals surface area (Å²) in [5, 5.41) is 0. The van der Waals surface area contributed by atoms with E-state index in [1.807, 2.05) is 18.2 Å². The van der Waals surface area contributed by atoms with Crippen LogP contribution in [0.2, 0.25) is 0 Å². The van der Waals surface area contributed by atoms with Gasteiger partial charge in [0.25, 0.3) is 0 Å². The first-order valence-corrected chi connectivity index (χ1v) is 12.5. The van der Waals surface area contributed by atoms with Crippen molar-refractivity contribution in [2.24, 2.45) is 23.7 Å². The summed E-state index contributed by atoms with van der Waals surface area (Å²) in [4.78, 5) is 1.19. The quantitative estimate of drug-likeness (QED) is 0.382. The van der Waals surface area contributed by atoms with Crippen LogP contribution in [0, 0.1) is 23.7 Å². The molecule has 3 rings (SSSR count). The lowest BCUT2D eigenvalue weighted by atomic mass is 9.68. The first-order chi connectivity index (χ1) is 13.2. The minimum atomic E-state index is -0.647. The number of thioether (sulfide) groups is 1. The number of hydrogen-bond acceptors (Lipinski definition) is 1. The van der Waals surface area contributed by atoms with E-state index >= 15 is 0 Å². The summed E-state index contributed by atoms with van der Waals surface area (Å²) in [7, 11) is 0. The molecule has 2 fully saturated rings. The Morgan fingerprint density at radius 3 is 2.07 bits per heavy atom. The highest BCUT2D eigenvalue weighted by Gasteiger charge is 2.31. The van der Waals surface area contributed by atoms with Gasteiger partial charge in [-0.15, -0.1) is 11.8 Å². The zero-order valence-electron chi connectivity index (χ0n) is 17.3. The summed E-state index contributed by atoms with van der Waals surface area (Å²) >= 11 is 1.67. The first-order valence-electron chi connectivity index (χ1n) is 11.6. The summed E-state index contributed by atoms with van der Waals surface area (Å²) in [6.07, 6.45) is 15.6. The van der Waals surface area contributed by atoms with Crippen LogP contribution in [-0.4, -0.2) is 11.9 Å². The van der Waals surface area contributed by atoms with E-state index in [-0.39, 0.29) is 0 Å². The van der Waals surface area contributed by atoms with Gasteiger partial charge < -0.3 is 0 Å². The molecule has 0 aromatic heterocycles. The number of unbranched alkanes of at least 4 members (excludes halogenated alkanes) is 1. The molecule has 2 aliphatic carbocycles. The van der Waals surface area contributed by atoms with Gasteiger partial charge in [-0.2, -0.15) is 0 Å². The molecular formula is C25H39FS. The minimum absolute atomic E-state index is 0.617. The van der Waals surface area contributed by atoms with Gasteiger partial charge in [0.2, 0.25) is 0 Å². The Hall–Kier alpha value is -0.500. The topological polar surface area (TPSA) is 0 Å². The van der Waals surface area contributed by atoms with E-state index in [0.29, 0.717) is 11.7 Å².